The lowest BCUT2D eigenvalue weighted by atomic mass is 10.1. The summed E-state index contributed by atoms with van der Waals surface area (Å²) in [5.74, 6) is 0.993. The molecule has 0 heterocycles. The third-order valence-electron chi connectivity index (χ3n) is 3.68. The van der Waals surface area contributed by atoms with Crippen molar-refractivity contribution in [2.75, 3.05) is 0 Å². The van der Waals surface area contributed by atoms with E-state index in [1.807, 2.05) is 0 Å². The molecule has 0 amide bonds. The van der Waals surface area contributed by atoms with E-state index < -0.39 is 0 Å². The summed E-state index contributed by atoms with van der Waals surface area (Å²) in [6.07, 6.45) is 2.62. The zero-order valence-electron chi connectivity index (χ0n) is 12.2. The molecule has 3 heteroatoms. The largest absolute Gasteiger partial charge is 0.489 e. The molecule has 0 aliphatic heterocycles. The van der Waals surface area contributed by atoms with Crippen molar-refractivity contribution < 1.29 is 4.74 Å². The number of hydrogen-bond acceptors (Lipinski definition) is 2. The van der Waals surface area contributed by atoms with Crippen LogP contribution in [-0.4, -0.2) is 6.04 Å². The molecule has 21 heavy (non-hydrogen) atoms. The van der Waals surface area contributed by atoms with Crippen molar-refractivity contribution in [3.05, 3.63) is 62.7 Å². The van der Waals surface area contributed by atoms with Crippen molar-refractivity contribution >= 4 is 22.6 Å². The Bertz CT molecular complexity index is 605. The summed E-state index contributed by atoms with van der Waals surface area (Å²) in [6.45, 7) is 3.65. The highest BCUT2D eigenvalue weighted by molar-refractivity contribution is 14.1. The average molecular weight is 393 g/mol. The SMILES string of the molecule is Cc1ccc(OCc2ccc(I)cc2)c(CNC2CC2)c1. The van der Waals surface area contributed by atoms with Crippen LogP contribution in [0.2, 0.25) is 0 Å². The van der Waals surface area contributed by atoms with E-state index in [9.17, 15) is 0 Å². The lowest BCUT2D eigenvalue weighted by molar-refractivity contribution is 0.302. The molecule has 2 nitrogen and oxygen atoms in total. The minimum atomic E-state index is 0.621. The van der Waals surface area contributed by atoms with Gasteiger partial charge in [-0.25, -0.2) is 0 Å². The molecule has 110 valence electrons. The maximum Gasteiger partial charge on any atom is 0.124 e. The Kier molecular flexibility index (Phi) is 4.80. The van der Waals surface area contributed by atoms with E-state index in [-0.39, 0.29) is 0 Å². The Morgan fingerprint density at radius 1 is 1.14 bits per heavy atom. The van der Waals surface area contributed by atoms with Gasteiger partial charge in [0.2, 0.25) is 0 Å². The monoisotopic (exact) mass is 393 g/mol. The van der Waals surface area contributed by atoms with Gasteiger partial charge in [0, 0.05) is 21.7 Å². The van der Waals surface area contributed by atoms with Gasteiger partial charge in [-0.1, -0.05) is 29.8 Å². The molecule has 1 N–H and O–H groups in total. The van der Waals surface area contributed by atoms with Crippen molar-refractivity contribution in [2.24, 2.45) is 0 Å². The third kappa shape index (κ3) is 4.45. The normalized spacial score (nSPS) is 14.2. The van der Waals surface area contributed by atoms with E-state index in [0.29, 0.717) is 6.61 Å². The maximum absolute atomic E-state index is 6.03. The smallest absolute Gasteiger partial charge is 0.124 e. The fourth-order valence-corrected chi connectivity index (χ4v) is 2.63. The molecule has 1 aliphatic rings. The highest BCUT2D eigenvalue weighted by Gasteiger charge is 2.20. The molecule has 0 saturated heterocycles. The summed E-state index contributed by atoms with van der Waals surface area (Å²) < 4.78 is 7.28. The summed E-state index contributed by atoms with van der Waals surface area (Å²) >= 11 is 2.32. The van der Waals surface area contributed by atoms with Gasteiger partial charge < -0.3 is 10.1 Å². The van der Waals surface area contributed by atoms with E-state index in [1.165, 1.54) is 33.1 Å². The van der Waals surface area contributed by atoms with Crippen LogP contribution in [0.1, 0.15) is 29.5 Å². The highest BCUT2D eigenvalue weighted by Crippen LogP contribution is 2.24. The van der Waals surface area contributed by atoms with E-state index >= 15 is 0 Å². The number of benzene rings is 2. The summed E-state index contributed by atoms with van der Waals surface area (Å²) in [7, 11) is 0. The van der Waals surface area contributed by atoms with Gasteiger partial charge in [-0.3, -0.25) is 0 Å². The average Bonchev–Trinajstić information content (AvgIpc) is 3.30. The lowest BCUT2D eigenvalue weighted by Crippen LogP contribution is -2.16. The van der Waals surface area contributed by atoms with Crippen LogP contribution in [0.15, 0.2) is 42.5 Å². The van der Waals surface area contributed by atoms with Crippen LogP contribution < -0.4 is 10.1 Å². The first-order valence-electron chi connectivity index (χ1n) is 7.41. The topological polar surface area (TPSA) is 21.3 Å². The van der Waals surface area contributed by atoms with Crippen molar-refractivity contribution in [3.63, 3.8) is 0 Å². The molecule has 0 aromatic heterocycles. The highest BCUT2D eigenvalue weighted by atomic mass is 127. The molecule has 0 radical (unpaired) electrons. The first-order chi connectivity index (χ1) is 10.2. The van der Waals surface area contributed by atoms with Crippen molar-refractivity contribution in [1.82, 2.24) is 5.32 Å². The van der Waals surface area contributed by atoms with E-state index in [2.05, 4.69) is 77.3 Å². The van der Waals surface area contributed by atoms with Crippen molar-refractivity contribution in [1.29, 1.82) is 0 Å². The number of halogens is 1. The van der Waals surface area contributed by atoms with Crippen molar-refractivity contribution in [2.45, 2.75) is 39.0 Å². The standard InChI is InChI=1S/C18H20INO/c1-13-2-9-18(15(10-13)11-20-17-7-8-17)21-12-14-3-5-16(19)6-4-14/h2-6,9-10,17,20H,7-8,11-12H2,1H3. The van der Waals surface area contributed by atoms with Crippen molar-refractivity contribution in [3.8, 4) is 5.75 Å². The summed E-state index contributed by atoms with van der Waals surface area (Å²) in [6, 6.07) is 15.6. The summed E-state index contributed by atoms with van der Waals surface area (Å²) in [5.41, 5.74) is 3.74. The molecular formula is C18H20INO. The van der Waals surface area contributed by atoms with E-state index in [1.54, 1.807) is 0 Å². The Morgan fingerprint density at radius 3 is 2.62 bits per heavy atom. The van der Waals surface area contributed by atoms with Gasteiger partial charge >= 0.3 is 0 Å². The van der Waals surface area contributed by atoms with Gasteiger partial charge in [-0.15, -0.1) is 0 Å². The number of ether oxygens (including phenoxy) is 1. The maximum atomic E-state index is 6.03. The van der Waals surface area contributed by atoms with Gasteiger partial charge in [0.25, 0.3) is 0 Å². The predicted molar refractivity (Wildman–Crippen MR) is 94.5 cm³/mol. The van der Waals surface area contributed by atoms with Gasteiger partial charge in [0.1, 0.15) is 12.4 Å². The first-order valence-corrected chi connectivity index (χ1v) is 8.49. The number of aryl methyl sites for hydroxylation is 1. The summed E-state index contributed by atoms with van der Waals surface area (Å²) in [5, 5.41) is 3.57. The molecule has 0 atom stereocenters. The van der Waals surface area contributed by atoms with Crippen LogP contribution >= 0.6 is 22.6 Å². The van der Waals surface area contributed by atoms with Crippen LogP contribution in [0.3, 0.4) is 0 Å². The Hall–Kier alpha value is -1.07. The van der Waals surface area contributed by atoms with Crippen LogP contribution in [0.4, 0.5) is 0 Å². The lowest BCUT2D eigenvalue weighted by Gasteiger charge is -2.13. The molecule has 0 spiro atoms. The predicted octanol–water partition coefficient (Wildman–Crippen LogP) is 4.43. The van der Waals surface area contributed by atoms with Gasteiger partial charge in [0.05, 0.1) is 0 Å². The molecule has 2 aromatic carbocycles. The fraction of sp³-hybridized carbons (Fsp3) is 0.333. The molecule has 1 fully saturated rings. The zero-order valence-corrected chi connectivity index (χ0v) is 14.4. The molecule has 2 aromatic rings. The molecule has 3 rings (SSSR count). The number of rotatable bonds is 6. The van der Waals surface area contributed by atoms with Gasteiger partial charge in [-0.05, 0) is 66.1 Å². The summed E-state index contributed by atoms with van der Waals surface area (Å²) in [4.78, 5) is 0. The quantitative estimate of drug-likeness (QED) is 0.734. The Labute approximate surface area is 140 Å². The second kappa shape index (κ2) is 6.79. The van der Waals surface area contributed by atoms with E-state index in [0.717, 1.165) is 18.3 Å². The zero-order chi connectivity index (χ0) is 14.7. The fourth-order valence-electron chi connectivity index (χ4n) is 2.27. The minimum Gasteiger partial charge on any atom is -0.489 e. The van der Waals surface area contributed by atoms with Gasteiger partial charge in [0.15, 0.2) is 0 Å². The van der Waals surface area contributed by atoms with Crippen LogP contribution in [0.25, 0.3) is 0 Å². The molecular weight excluding hydrogens is 373 g/mol. The third-order valence-corrected chi connectivity index (χ3v) is 4.40. The molecule has 1 saturated carbocycles. The van der Waals surface area contributed by atoms with E-state index in [4.69, 9.17) is 4.74 Å². The van der Waals surface area contributed by atoms with Gasteiger partial charge in [-0.2, -0.15) is 0 Å². The second-order valence-electron chi connectivity index (χ2n) is 5.68. The number of nitrogens with one attached hydrogen (secondary N) is 1. The second-order valence-corrected chi connectivity index (χ2v) is 6.93. The van der Waals surface area contributed by atoms with Crippen LogP contribution in [0, 0.1) is 10.5 Å². The Morgan fingerprint density at radius 2 is 1.90 bits per heavy atom. The molecule has 0 unspecified atom stereocenters. The van der Waals surface area contributed by atoms with Crippen LogP contribution in [-0.2, 0) is 13.2 Å². The Balaban J connectivity index is 1.66. The van der Waals surface area contributed by atoms with Crippen LogP contribution in [0.5, 0.6) is 5.75 Å². The number of hydrogen-bond donors (Lipinski definition) is 1. The molecule has 0 bridgehead atoms. The minimum absolute atomic E-state index is 0.621. The molecule has 1 aliphatic carbocycles. The first kappa shape index (κ1) is 14.9.